The van der Waals surface area contributed by atoms with Gasteiger partial charge in [0.05, 0.1) is 13.2 Å². The van der Waals surface area contributed by atoms with Crippen LogP contribution < -0.4 is 0 Å². The molecule has 10 heteroatoms. The first-order chi connectivity index (χ1) is 17.8. The zero-order valence-corrected chi connectivity index (χ0v) is 22.4. The monoisotopic (exact) mass is 532 g/mol. The van der Waals surface area contributed by atoms with Crippen LogP contribution in [0, 0.1) is 0 Å². The highest BCUT2D eigenvalue weighted by atomic mass is 16.7. The maximum atomic E-state index is 12.7. The molecule has 0 bridgehead atoms. The van der Waals surface area contributed by atoms with E-state index in [0.717, 1.165) is 19.3 Å². The van der Waals surface area contributed by atoms with E-state index in [1.54, 1.807) is 0 Å². The van der Waals surface area contributed by atoms with Crippen LogP contribution >= 0.6 is 0 Å². The van der Waals surface area contributed by atoms with E-state index in [1.165, 1.54) is 70.6 Å². The first-order valence-electron chi connectivity index (χ1n) is 14.0. The minimum Gasteiger partial charge on any atom is -0.445 e. The largest absolute Gasteiger partial charge is 0.445 e. The predicted octanol–water partition coefficient (Wildman–Crippen LogP) is 3.05. The molecule has 1 fully saturated rings. The number of aliphatic hydroxyl groups excluding tert-OH is 3. The van der Waals surface area contributed by atoms with Crippen LogP contribution in [0.4, 0.5) is 0 Å². The Kier molecular flexibility index (Phi) is 17.4. The minimum atomic E-state index is -2.50. The normalized spacial score (nSPS) is 22.7. The van der Waals surface area contributed by atoms with E-state index in [-0.39, 0.29) is 6.42 Å². The van der Waals surface area contributed by atoms with Gasteiger partial charge in [0.15, 0.2) is 0 Å². The molecule has 0 aliphatic carbocycles. The molecule has 3 unspecified atom stereocenters. The lowest BCUT2D eigenvalue weighted by molar-refractivity contribution is -0.232. The summed E-state index contributed by atoms with van der Waals surface area (Å²) in [5, 5.41) is 38.6. The molecule has 3 atom stereocenters. The summed E-state index contributed by atoms with van der Waals surface area (Å²) in [7, 11) is 0. The molecule has 1 heterocycles. The van der Waals surface area contributed by atoms with E-state index in [0.29, 0.717) is 12.8 Å². The SMILES string of the molecule is CCCCCCCCCCCCCCCCCCC1(C(O)O)OC(=O)C(CO)OC(=O)C(CO)OC1=O. The first-order valence-corrected chi connectivity index (χ1v) is 14.0. The van der Waals surface area contributed by atoms with Crippen molar-refractivity contribution in [3.8, 4) is 0 Å². The van der Waals surface area contributed by atoms with E-state index in [2.05, 4.69) is 6.92 Å². The van der Waals surface area contributed by atoms with E-state index in [1.807, 2.05) is 0 Å². The van der Waals surface area contributed by atoms with Gasteiger partial charge < -0.3 is 34.6 Å². The fraction of sp³-hybridized carbons (Fsp3) is 0.889. The second-order valence-corrected chi connectivity index (χ2v) is 9.92. The molecule has 1 aliphatic rings. The molecule has 0 aromatic heterocycles. The Morgan fingerprint density at radius 3 is 1.46 bits per heavy atom. The Morgan fingerprint density at radius 1 is 0.649 bits per heavy atom. The molecule has 1 saturated heterocycles. The highest BCUT2D eigenvalue weighted by Crippen LogP contribution is 2.29. The van der Waals surface area contributed by atoms with Crippen molar-refractivity contribution in [3.05, 3.63) is 0 Å². The van der Waals surface area contributed by atoms with Crippen molar-refractivity contribution in [3.63, 3.8) is 0 Å². The third-order valence-corrected chi connectivity index (χ3v) is 6.81. The Hall–Kier alpha value is -1.75. The number of hydrogen-bond acceptors (Lipinski definition) is 10. The zero-order valence-electron chi connectivity index (χ0n) is 22.4. The summed E-state index contributed by atoms with van der Waals surface area (Å²) in [4.78, 5) is 37.1. The number of ether oxygens (including phenoxy) is 3. The second kappa shape index (κ2) is 19.3. The molecular formula is C27H48O10. The van der Waals surface area contributed by atoms with Gasteiger partial charge in [0.25, 0.3) is 5.60 Å². The van der Waals surface area contributed by atoms with Gasteiger partial charge in [-0.05, 0) is 6.42 Å². The number of aliphatic hydroxyl groups is 4. The van der Waals surface area contributed by atoms with Crippen LogP contribution in [0.1, 0.15) is 116 Å². The van der Waals surface area contributed by atoms with E-state index in [4.69, 9.17) is 14.2 Å². The highest BCUT2D eigenvalue weighted by Gasteiger charge is 2.53. The summed E-state index contributed by atoms with van der Waals surface area (Å²) in [6, 6.07) is 0. The standard InChI is InChI=1S/C27H48O10/c1-2-3-4-5-6-7-8-9-10-11-12-13-14-15-16-17-18-27(25(32)33)26(34)36-21(19-28)23(30)35-22(20-29)24(31)37-27/h21-22,25,28-29,32-33H,2-20H2,1H3. The first kappa shape index (κ1) is 33.3. The van der Waals surface area contributed by atoms with Gasteiger partial charge in [-0.25, -0.2) is 14.4 Å². The molecule has 0 amide bonds. The van der Waals surface area contributed by atoms with Crippen LogP contribution in [0.25, 0.3) is 0 Å². The van der Waals surface area contributed by atoms with Crippen molar-refractivity contribution in [2.75, 3.05) is 13.2 Å². The van der Waals surface area contributed by atoms with Crippen molar-refractivity contribution in [2.24, 2.45) is 0 Å². The lowest BCUT2D eigenvalue weighted by atomic mass is 9.94. The molecule has 216 valence electrons. The van der Waals surface area contributed by atoms with Gasteiger partial charge in [-0.3, -0.25) is 0 Å². The van der Waals surface area contributed by atoms with E-state index in [9.17, 15) is 34.8 Å². The molecule has 0 saturated carbocycles. The Balaban J connectivity index is 2.38. The number of cyclic esters (lactones) is 3. The minimum absolute atomic E-state index is 0.266. The predicted molar refractivity (Wildman–Crippen MR) is 135 cm³/mol. The Labute approximate surface area is 220 Å². The van der Waals surface area contributed by atoms with Gasteiger partial charge in [0, 0.05) is 6.42 Å². The maximum absolute atomic E-state index is 12.7. The molecular weight excluding hydrogens is 484 g/mol. The average Bonchev–Trinajstić information content (AvgIpc) is 2.91. The van der Waals surface area contributed by atoms with Crippen LogP contribution in [0.2, 0.25) is 0 Å². The summed E-state index contributed by atoms with van der Waals surface area (Å²) in [5.74, 6) is -3.93. The molecule has 37 heavy (non-hydrogen) atoms. The molecule has 1 rings (SSSR count). The summed E-state index contributed by atoms with van der Waals surface area (Å²) < 4.78 is 14.7. The van der Waals surface area contributed by atoms with Gasteiger partial charge >= 0.3 is 17.9 Å². The van der Waals surface area contributed by atoms with Crippen molar-refractivity contribution in [2.45, 2.75) is 140 Å². The summed E-state index contributed by atoms with van der Waals surface area (Å²) >= 11 is 0. The Morgan fingerprint density at radius 2 is 1.05 bits per heavy atom. The molecule has 10 nitrogen and oxygen atoms in total. The molecule has 0 spiro atoms. The third-order valence-electron chi connectivity index (χ3n) is 6.81. The number of carbonyl (C=O) groups excluding carboxylic acids is 3. The molecule has 0 aromatic carbocycles. The molecule has 4 N–H and O–H groups in total. The number of carbonyl (C=O) groups is 3. The van der Waals surface area contributed by atoms with Crippen molar-refractivity contribution >= 4 is 17.9 Å². The van der Waals surface area contributed by atoms with Crippen molar-refractivity contribution in [1.29, 1.82) is 0 Å². The summed E-state index contributed by atoms with van der Waals surface area (Å²) in [6.07, 6.45) is 11.9. The van der Waals surface area contributed by atoms with E-state index < -0.39 is 55.2 Å². The molecule has 1 aliphatic heterocycles. The fourth-order valence-electron chi connectivity index (χ4n) is 4.43. The number of rotatable bonds is 20. The van der Waals surface area contributed by atoms with Crippen LogP contribution in [-0.4, -0.2) is 75.6 Å². The van der Waals surface area contributed by atoms with Gasteiger partial charge in [0.2, 0.25) is 18.5 Å². The quantitative estimate of drug-likeness (QED) is 0.0794. The molecule has 0 radical (unpaired) electrons. The smallest absolute Gasteiger partial charge is 0.357 e. The maximum Gasteiger partial charge on any atom is 0.357 e. The topological polar surface area (TPSA) is 160 Å². The van der Waals surface area contributed by atoms with Gasteiger partial charge in [-0.2, -0.15) is 0 Å². The fourth-order valence-corrected chi connectivity index (χ4v) is 4.43. The lowest BCUT2D eigenvalue weighted by Gasteiger charge is -2.32. The third kappa shape index (κ3) is 12.1. The van der Waals surface area contributed by atoms with Gasteiger partial charge in [0.1, 0.15) is 0 Å². The van der Waals surface area contributed by atoms with Crippen LogP contribution in [0.3, 0.4) is 0 Å². The van der Waals surface area contributed by atoms with Gasteiger partial charge in [-0.1, -0.05) is 103 Å². The molecule has 0 aromatic rings. The summed E-state index contributed by atoms with van der Waals surface area (Å²) in [6.45, 7) is 0.332. The number of esters is 3. The van der Waals surface area contributed by atoms with Crippen molar-refractivity contribution < 1.29 is 49.0 Å². The Bertz CT molecular complexity index is 651. The van der Waals surface area contributed by atoms with E-state index >= 15 is 0 Å². The van der Waals surface area contributed by atoms with Crippen LogP contribution in [0.5, 0.6) is 0 Å². The zero-order chi connectivity index (χ0) is 27.5. The highest BCUT2D eigenvalue weighted by molar-refractivity contribution is 5.90. The van der Waals surface area contributed by atoms with Crippen LogP contribution in [0.15, 0.2) is 0 Å². The average molecular weight is 533 g/mol. The number of hydrogen-bond donors (Lipinski definition) is 4. The van der Waals surface area contributed by atoms with Crippen LogP contribution in [-0.2, 0) is 28.6 Å². The summed E-state index contributed by atoms with van der Waals surface area (Å²) in [5.41, 5.74) is -2.50. The van der Waals surface area contributed by atoms with Crippen molar-refractivity contribution in [1.82, 2.24) is 0 Å². The van der Waals surface area contributed by atoms with Gasteiger partial charge in [-0.15, -0.1) is 0 Å². The second-order valence-electron chi connectivity index (χ2n) is 9.92. The lowest BCUT2D eigenvalue weighted by Crippen LogP contribution is -2.55. The number of unbranched alkanes of at least 4 members (excludes halogenated alkanes) is 15.